The standard InChI is InChI=1S/C14H12N4OS/c1-10(20-14-16-6-3-7-17-14)13(19)18-12-5-2-4-11(8-12)9-15/h2-8,10H,1H3,(H,18,19). The second kappa shape index (κ2) is 6.68. The van der Waals surface area contributed by atoms with E-state index in [1.807, 2.05) is 6.07 Å². The molecule has 0 saturated carbocycles. The Morgan fingerprint density at radius 3 is 2.80 bits per heavy atom. The van der Waals surface area contributed by atoms with E-state index in [2.05, 4.69) is 15.3 Å². The number of aromatic nitrogens is 2. The molecule has 1 unspecified atom stereocenters. The summed E-state index contributed by atoms with van der Waals surface area (Å²) in [5.41, 5.74) is 1.12. The lowest BCUT2D eigenvalue weighted by Gasteiger charge is -2.11. The Labute approximate surface area is 121 Å². The minimum atomic E-state index is -0.330. The third kappa shape index (κ3) is 3.80. The summed E-state index contributed by atoms with van der Waals surface area (Å²) in [5, 5.41) is 11.8. The molecule has 1 amide bonds. The van der Waals surface area contributed by atoms with Crippen LogP contribution in [0.2, 0.25) is 0 Å². The molecule has 20 heavy (non-hydrogen) atoms. The Bertz CT molecular complexity index is 639. The lowest BCUT2D eigenvalue weighted by atomic mass is 10.2. The van der Waals surface area contributed by atoms with Gasteiger partial charge >= 0.3 is 0 Å². The number of rotatable bonds is 4. The molecular formula is C14H12N4OS. The first kappa shape index (κ1) is 14.0. The van der Waals surface area contributed by atoms with Crippen LogP contribution in [0.3, 0.4) is 0 Å². The number of benzene rings is 1. The average molecular weight is 284 g/mol. The summed E-state index contributed by atoms with van der Waals surface area (Å²) in [6.07, 6.45) is 3.27. The number of amides is 1. The molecule has 1 aromatic heterocycles. The first-order chi connectivity index (χ1) is 9.69. The van der Waals surface area contributed by atoms with E-state index >= 15 is 0 Å². The van der Waals surface area contributed by atoms with E-state index in [9.17, 15) is 4.79 Å². The number of carbonyl (C=O) groups excluding carboxylic acids is 1. The van der Waals surface area contributed by atoms with Gasteiger partial charge in [-0.3, -0.25) is 4.79 Å². The van der Waals surface area contributed by atoms with Crippen LogP contribution in [0, 0.1) is 11.3 Å². The first-order valence-electron chi connectivity index (χ1n) is 5.94. The van der Waals surface area contributed by atoms with Gasteiger partial charge in [-0.05, 0) is 31.2 Å². The number of nitrogens with zero attached hydrogens (tertiary/aromatic N) is 3. The van der Waals surface area contributed by atoms with Crippen LogP contribution in [0.25, 0.3) is 0 Å². The van der Waals surface area contributed by atoms with Gasteiger partial charge in [0.15, 0.2) is 5.16 Å². The van der Waals surface area contributed by atoms with Gasteiger partial charge in [0.1, 0.15) is 0 Å². The number of hydrogen-bond acceptors (Lipinski definition) is 5. The van der Waals surface area contributed by atoms with Gasteiger partial charge in [-0.2, -0.15) is 5.26 Å². The molecule has 1 heterocycles. The largest absolute Gasteiger partial charge is 0.325 e. The number of thioether (sulfide) groups is 1. The normalized spacial score (nSPS) is 11.4. The summed E-state index contributed by atoms with van der Waals surface area (Å²) in [5.74, 6) is -0.155. The van der Waals surface area contributed by atoms with Crippen molar-refractivity contribution in [2.75, 3.05) is 5.32 Å². The molecule has 100 valence electrons. The summed E-state index contributed by atoms with van der Waals surface area (Å²) in [6.45, 7) is 1.78. The second-order valence-corrected chi connectivity index (χ2v) is 5.28. The minimum absolute atomic E-state index is 0.155. The number of nitrogens with one attached hydrogen (secondary N) is 1. The molecule has 2 aromatic rings. The Balaban J connectivity index is 1.99. The molecule has 0 fully saturated rings. The van der Waals surface area contributed by atoms with E-state index in [0.29, 0.717) is 16.4 Å². The number of anilines is 1. The molecule has 1 aromatic carbocycles. The maximum atomic E-state index is 12.0. The zero-order valence-corrected chi connectivity index (χ0v) is 11.6. The molecule has 0 aliphatic carbocycles. The molecular weight excluding hydrogens is 272 g/mol. The van der Waals surface area contributed by atoms with Gasteiger partial charge in [0.25, 0.3) is 0 Å². The third-order valence-electron chi connectivity index (χ3n) is 2.45. The summed E-state index contributed by atoms with van der Waals surface area (Å²) < 4.78 is 0. The van der Waals surface area contributed by atoms with Crippen molar-refractivity contribution in [3.8, 4) is 6.07 Å². The maximum absolute atomic E-state index is 12.0. The third-order valence-corrected chi connectivity index (χ3v) is 3.44. The van der Waals surface area contributed by atoms with Crippen molar-refractivity contribution in [3.05, 3.63) is 48.3 Å². The van der Waals surface area contributed by atoms with Crippen LogP contribution in [0.1, 0.15) is 12.5 Å². The molecule has 1 atom stereocenters. The molecule has 0 spiro atoms. The highest BCUT2D eigenvalue weighted by atomic mass is 32.2. The van der Waals surface area contributed by atoms with Gasteiger partial charge < -0.3 is 5.32 Å². The van der Waals surface area contributed by atoms with Crippen LogP contribution in [0.4, 0.5) is 5.69 Å². The van der Waals surface area contributed by atoms with Gasteiger partial charge in [-0.25, -0.2) is 9.97 Å². The zero-order valence-electron chi connectivity index (χ0n) is 10.8. The summed E-state index contributed by atoms with van der Waals surface area (Å²) in [4.78, 5) is 20.2. The molecule has 5 nitrogen and oxygen atoms in total. The molecule has 0 bridgehead atoms. The predicted molar refractivity (Wildman–Crippen MR) is 77.1 cm³/mol. The molecule has 1 N–H and O–H groups in total. The van der Waals surface area contributed by atoms with E-state index in [4.69, 9.17) is 5.26 Å². The van der Waals surface area contributed by atoms with Crippen molar-refractivity contribution in [1.82, 2.24) is 9.97 Å². The van der Waals surface area contributed by atoms with Crippen LogP contribution in [-0.4, -0.2) is 21.1 Å². The lowest BCUT2D eigenvalue weighted by molar-refractivity contribution is -0.115. The number of nitriles is 1. The van der Waals surface area contributed by atoms with E-state index in [1.165, 1.54) is 11.8 Å². The van der Waals surface area contributed by atoms with Crippen molar-refractivity contribution in [2.24, 2.45) is 0 Å². The highest BCUT2D eigenvalue weighted by Crippen LogP contribution is 2.20. The smallest absolute Gasteiger partial charge is 0.237 e. The lowest BCUT2D eigenvalue weighted by Crippen LogP contribution is -2.22. The van der Waals surface area contributed by atoms with Gasteiger partial charge in [-0.1, -0.05) is 17.8 Å². The van der Waals surface area contributed by atoms with E-state index in [1.54, 1.807) is 49.6 Å². The van der Waals surface area contributed by atoms with Gasteiger partial charge in [-0.15, -0.1) is 0 Å². The fourth-order valence-corrected chi connectivity index (χ4v) is 2.19. The van der Waals surface area contributed by atoms with Gasteiger partial charge in [0.05, 0.1) is 16.9 Å². The predicted octanol–water partition coefficient (Wildman–Crippen LogP) is 2.47. The topological polar surface area (TPSA) is 78.7 Å². The zero-order chi connectivity index (χ0) is 14.4. The molecule has 0 aliphatic rings. The van der Waals surface area contributed by atoms with Crippen LogP contribution in [-0.2, 0) is 4.79 Å². The monoisotopic (exact) mass is 284 g/mol. The van der Waals surface area contributed by atoms with Gasteiger partial charge in [0, 0.05) is 18.1 Å². The molecule has 2 rings (SSSR count). The Morgan fingerprint density at radius 2 is 2.10 bits per heavy atom. The fourth-order valence-electron chi connectivity index (χ4n) is 1.47. The molecule has 0 radical (unpaired) electrons. The Hall–Kier alpha value is -2.39. The van der Waals surface area contributed by atoms with Crippen molar-refractivity contribution < 1.29 is 4.79 Å². The first-order valence-corrected chi connectivity index (χ1v) is 6.81. The Morgan fingerprint density at radius 1 is 1.35 bits per heavy atom. The van der Waals surface area contributed by atoms with Crippen molar-refractivity contribution >= 4 is 23.4 Å². The molecule has 0 aliphatic heterocycles. The number of carbonyl (C=O) groups is 1. The average Bonchev–Trinajstić information content (AvgIpc) is 2.48. The molecule has 0 saturated heterocycles. The quantitative estimate of drug-likeness (QED) is 0.689. The number of hydrogen-bond donors (Lipinski definition) is 1. The van der Waals surface area contributed by atoms with Crippen molar-refractivity contribution in [2.45, 2.75) is 17.3 Å². The Kier molecular flexibility index (Phi) is 4.69. The van der Waals surface area contributed by atoms with Crippen molar-refractivity contribution in [3.63, 3.8) is 0 Å². The maximum Gasteiger partial charge on any atom is 0.237 e. The van der Waals surface area contributed by atoms with E-state index in [0.717, 1.165) is 0 Å². The summed E-state index contributed by atoms with van der Waals surface area (Å²) in [6, 6.07) is 10.6. The highest BCUT2D eigenvalue weighted by Gasteiger charge is 2.15. The highest BCUT2D eigenvalue weighted by molar-refractivity contribution is 8.00. The van der Waals surface area contributed by atoms with Crippen LogP contribution >= 0.6 is 11.8 Å². The molecule has 6 heteroatoms. The fraction of sp³-hybridized carbons (Fsp3) is 0.143. The van der Waals surface area contributed by atoms with Crippen LogP contribution in [0.15, 0.2) is 47.9 Å². The second-order valence-electron chi connectivity index (χ2n) is 3.97. The van der Waals surface area contributed by atoms with Crippen LogP contribution < -0.4 is 5.32 Å². The van der Waals surface area contributed by atoms with Gasteiger partial charge in [0.2, 0.25) is 5.91 Å². The minimum Gasteiger partial charge on any atom is -0.325 e. The van der Waals surface area contributed by atoms with Crippen molar-refractivity contribution in [1.29, 1.82) is 5.26 Å². The SMILES string of the molecule is CC(Sc1ncccn1)C(=O)Nc1cccc(C#N)c1. The van der Waals surface area contributed by atoms with Crippen LogP contribution in [0.5, 0.6) is 0 Å². The summed E-state index contributed by atoms with van der Waals surface area (Å²) >= 11 is 1.28. The summed E-state index contributed by atoms with van der Waals surface area (Å²) in [7, 11) is 0. The van der Waals surface area contributed by atoms with E-state index < -0.39 is 0 Å². The van der Waals surface area contributed by atoms with E-state index in [-0.39, 0.29) is 11.2 Å².